The first-order valence-electron chi connectivity index (χ1n) is 6.09. The van der Waals surface area contributed by atoms with Gasteiger partial charge >= 0.3 is 0 Å². The summed E-state index contributed by atoms with van der Waals surface area (Å²) in [7, 11) is 0. The molecule has 0 amide bonds. The lowest BCUT2D eigenvalue weighted by Crippen LogP contribution is -2.45. The number of alkyl halides is 1. The summed E-state index contributed by atoms with van der Waals surface area (Å²) < 4.78 is 9.88. The van der Waals surface area contributed by atoms with Gasteiger partial charge in [-0.05, 0) is 36.5 Å². The number of nitrogens with zero attached hydrogens (tertiary/aromatic N) is 1. The Kier molecular flexibility index (Phi) is 3.41. The van der Waals surface area contributed by atoms with Gasteiger partial charge in [-0.25, -0.2) is 0 Å². The molecule has 0 bridgehead atoms. The van der Waals surface area contributed by atoms with E-state index in [1.807, 2.05) is 18.2 Å². The topological polar surface area (TPSA) is 34.2 Å². The van der Waals surface area contributed by atoms with E-state index >= 15 is 0 Å². The van der Waals surface area contributed by atoms with E-state index in [0.29, 0.717) is 5.88 Å². The van der Waals surface area contributed by atoms with Crippen LogP contribution in [0.15, 0.2) is 24.3 Å². The molecule has 1 saturated heterocycles. The number of anilines is 1. The minimum Gasteiger partial charge on any atom is -0.381 e. The summed E-state index contributed by atoms with van der Waals surface area (Å²) in [6.45, 7) is 1.55. The highest BCUT2D eigenvalue weighted by Gasteiger charge is 2.32. The molecule has 1 N–H and O–H groups in total. The molecule has 2 aromatic rings. The minimum atomic E-state index is -0.0465. The number of rotatable bonds is 3. The largest absolute Gasteiger partial charge is 0.381 e. The summed E-state index contributed by atoms with van der Waals surface area (Å²) in [5.41, 5.74) is 0.997. The number of ether oxygens (including phenoxy) is 1. The summed E-state index contributed by atoms with van der Waals surface area (Å²) in [4.78, 5) is 0. The van der Waals surface area contributed by atoms with Gasteiger partial charge in [-0.1, -0.05) is 12.1 Å². The van der Waals surface area contributed by atoms with Crippen LogP contribution in [0.5, 0.6) is 0 Å². The van der Waals surface area contributed by atoms with E-state index in [-0.39, 0.29) is 5.54 Å². The van der Waals surface area contributed by atoms with Crippen molar-refractivity contribution in [2.75, 3.05) is 24.4 Å². The van der Waals surface area contributed by atoms with Crippen LogP contribution in [0.4, 0.5) is 5.00 Å². The van der Waals surface area contributed by atoms with Gasteiger partial charge < -0.3 is 10.1 Å². The molecule has 1 aromatic heterocycles. The van der Waals surface area contributed by atoms with E-state index in [0.717, 1.165) is 36.6 Å². The summed E-state index contributed by atoms with van der Waals surface area (Å²) in [5, 5.41) is 5.91. The van der Waals surface area contributed by atoms with Gasteiger partial charge in [0, 0.05) is 24.5 Å². The molecule has 5 heteroatoms. The third-order valence-electron chi connectivity index (χ3n) is 3.47. The molecular formula is C13H15ClN2OS. The van der Waals surface area contributed by atoms with E-state index in [4.69, 9.17) is 16.3 Å². The van der Waals surface area contributed by atoms with Crippen LogP contribution in [0, 0.1) is 0 Å². The summed E-state index contributed by atoms with van der Waals surface area (Å²) in [6, 6.07) is 8.19. The van der Waals surface area contributed by atoms with Gasteiger partial charge in [0.2, 0.25) is 0 Å². The molecule has 1 fully saturated rings. The van der Waals surface area contributed by atoms with Crippen LogP contribution >= 0.6 is 23.1 Å². The zero-order valence-corrected chi connectivity index (χ0v) is 11.6. The summed E-state index contributed by atoms with van der Waals surface area (Å²) in [5.74, 6) is 0.600. The van der Waals surface area contributed by atoms with Gasteiger partial charge in [0.1, 0.15) is 5.00 Å². The molecule has 0 radical (unpaired) electrons. The molecule has 2 heterocycles. The zero-order chi connectivity index (χ0) is 12.4. The van der Waals surface area contributed by atoms with Crippen molar-refractivity contribution in [2.24, 2.45) is 0 Å². The lowest BCUT2D eigenvalue weighted by molar-refractivity contribution is 0.0669. The van der Waals surface area contributed by atoms with Crippen LogP contribution in [0.25, 0.3) is 10.9 Å². The van der Waals surface area contributed by atoms with Crippen LogP contribution in [0.1, 0.15) is 12.8 Å². The standard InChI is InChI=1S/C13H15ClN2OS/c14-9-13(5-7-17-8-6-13)15-12-10-3-1-2-4-11(10)16-18-12/h1-4,15H,5-9H2. The molecule has 1 aliphatic rings. The quantitative estimate of drug-likeness (QED) is 0.875. The van der Waals surface area contributed by atoms with Gasteiger partial charge in [0.05, 0.1) is 11.1 Å². The number of hydrogen-bond acceptors (Lipinski definition) is 4. The lowest BCUT2D eigenvalue weighted by atomic mass is 9.92. The van der Waals surface area contributed by atoms with Gasteiger partial charge in [0.25, 0.3) is 0 Å². The molecule has 96 valence electrons. The molecule has 18 heavy (non-hydrogen) atoms. The Labute approximate surface area is 115 Å². The Balaban J connectivity index is 1.90. The third kappa shape index (κ3) is 2.20. The normalized spacial score (nSPS) is 18.9. The van der Waals surface area contributed by atoms with Crippen molar-refractivity contribution < 1.29 is 4.74 Å². The van der Waals surface area contributed by atoms with Crippen molar-refractivity contribution in [3.8, 4) is 0 Å². The Morgan fingerprint density at radius 2 is 2.11 bits per heavy atom. The number of aromatic nitrogens is 1. The molecular weight excluding hydrogens is 268 g/mol. The Morgan fingerprint density at radius 1 is 1.33 bits per heavy atom. The molecule has 0 spiro atoms. The number of benzene rings is 1. The highest BCUT2D eigenvalue weighted by Crippen LogP contribution is 2.34. The van der Waals surface area contributed by atoms with E-state index < -0.39 is 0 Å². The predicted molar refractivity (Wildman–Crippen MR) is 76.7 cm³/mol. The van der Waals surface area contributed by atoms with Crippen LogP contribution in [0.2, 0.25) is 0 Å². The highest BCUT2D eigenvalue weighted by molar-refractivity contribution is 7.11. The summed E-state index contributed by atoms with van der Waals surface area (Å²) >= 11 is 7.68. The van der Waals surface area contributed by atoms with E-state index in [2.05, 4.69) is 15.8 Å². The summed E-state index contributed by atoms with van der Waals surface area (Å²) in [6.07, 6.45) is 1.89. The third-order valence-corrected chi connectivity index (χ3v) is 4.77. The first kappa shape index (κ1) is 12.2. The number of hydrogen-bond donors (Lipinski definition) is 1. The maximum Gasteiger partial charge on any atom is 0.117 e. The van der Waals surface area contributed by atoms with Crippen molar-refractivity contribution in [1.82, 2.24) is 4.37 Å². The van der Waals surface area contributed by atoms with Crippen molar-refractivity contribution in [3.05, 3.63) is 24.3 Å². The monoisotopic (exact) mass is 282 g/mol. The highest BCUT2D eigenvalue weighted by atomic mass is 35.5. The zero-order valence-electron chi connectivity index (χ0n) is 9.99. The second kappa shape index (κ2) is 5.03. The lowest BCUT2D eigenvalue weighted by Gasteiger charge is -2.36. The first-order chi connectivity index (χ1) is 8.83. The minimum absolute atomic E-state index is 0.0465. The molecule has 3 nitrogen and oxygen atoms in total. The van der Waals surface area contributed by atoms with Crippen LogP contribution in [-0.4, -0.2) is 29.0 Å². The van der Waals surface area contributed by atoms with Crippen molar-refractivity contribution in [2.45, 2.75) is 18.4 Å². The number of fused-ring (bicyclic) bond motifs is 1. The first-order valence-corrected chi connectivity index (χ1v) is 7.40. The fourth-order valence-electron chi connectivity index (χ4n) is 2.27. The molecule has 3 rings (SSSR count). The average Bonchev–Trinajstić information content (AvgIpc) is 2.83. The maximum atomic E-state index is 6.17. The van der Waals surface area contributed by atoms with Crippen LogP contribution in [-0.2, 0) is 4.74 Å². The van der Waals surface area contributed by atoms with Crippen LogP contribution in [0.3, 0.4) is 0 Å². The van der Waals surface area contributed by atoms with Crippen molar-refractivity contribution >= 4 is 39.0 Å². The van der Waals surface area contributed by atoms with Crippen LogP contribution < -0.4 is 5.32 Å². The smallest absolute Gasteiger partial charge is 0.117 e. The van der Waals surface area contributed by atoms with Crippen molar-refractivity contribution in [1.29, 1.82) is 0 Å². The fourth-order valence-corrected chi connectivity index (χ4v) is 3.49. The molecule has 0 unspecified atom stereocenters. The van der Waals surface area contributed by atoms with E-state index in [9.17, 15) is 0 Å². The average molecular weight is 283 g/mol. The van der Waals surface area contributed by atoms with Gasteiger partial charge in [-0.3, -0.25) is 0 Å². The molecule has 1 aliphatic heterocycles. The van der Waals surface area contributed by atoms with E-state index in [1.165, 1.54) is 16.9 Å². The number of nitrogens with one attached hydrogen (secondary N) is 1. The Morgan fingerprint density at radius 3 is 2.89 bits per heavy atom. The molecule has 0 aliphatic carbocycles. The second-order valence-corrected chi connectivity index (χ2v) is 5.72. The number of halogens is 1. The van der Waals surface area contributed by atoms with Gasteiger partial charge in [-0.2, -0.15) is 4.37 Å². The second-order valence-electron chi connectivity index (χ2n) is 4.68. The van der Waals surface area contributed by atoms with Crippen molar-refractivity contribution in [3.63, 3.8) is 0 Å². The molecule has 0 atom stereocenters. The maximum absolute atomic E-state index is 6.17. The van der Waals surface area contributed by atoms with Gasteiger partial charge in [-0.15, -0.1) is 11.6 Å². The Hall–Kier alpha value is -0.840. The molecule has 0 saturated carbocycles. The SMILES string of the molecule is ClCC1(Nc2snc3ccccc23)CCOCC1. The van der Waals surface area contributed by atoms with Gasteiger partial charge in [0.15, 0.2) is 0 Å². The Bertz CT molecular complexity index is 537. The van der Waals surface area contributed by atoms with E-state index in [1.54, 1.807) is 0 Å². The predicted octanol–water partition coefficient (Wildman–Crippen LogP) is 3.50. The fraction of sp³-hybridized carbons (Fsp3) is 0.462. The molecule has 1 aromatic carbocycles.